The average molecular weight is 367 g/mol. The maximum absolute atomic E-state index is 10.8. The predicted molar refractivity (Wildman–Crippen MR) is 106 cm³/mol. The number of aliphatic hydroxyl groups excluding tert-OH is 3. The molecule has 0 amide bonds. The highest BCUT2D eigenvalue weighted by Crippen LogP contribution is 2.44. The van der Waals surface area contributed by atoms with E-state index in [0.29, 0.717) is 29.6 Å². The molecule has 3 saturated carbocycles. The van der Waals surface area contributed by atoms with Crippen LogP contribution in [-0.2, 0) is 0 Å². The number of aliphatic hydroxyl groups is 3. The molecule has 0 heterocycles. The molecule has 0 saturated heterocycles. The molecule has 3 N–H and O–H groups in total. The van der Waals surface area contributed by atoms with Crippen molar-refractivity contribution < 1.29 is 15.3 Å². The van der Waals surface area contributed by atoms with Gasteiger partial charge in [-0.15, -0.1) is 0 Å². The Kier molecular flexibility index (Phi) is 7.07. The summed E-state index contributed by atoms with van der Waals surface area (Å²) < 4.78 is 0. The van der Waals surface area contributed by atoms with Gasteiger partial charge in [-0.1, -0.05) is 20.8 Å². The van der Waals surface area contributed by atoms with Crippen molar-refractivity contribution in [3.63, 3.8) is 0 Å². The van der Waals surface area contributed by atoms with Crippen molar-refractivity contribution in [2.45, 2.75) is 103 Å². The molecular weight excluding hydrogens is 324 g/mol. The molecule has 3 heteroatoms. The first-order valence-corrected chi connectivity index (χ1v) is 11.4. The van der Waals surface area contributed by atoms with Crippen molar-refractivity contribution in [1.29, 1.82) is 0 Å². The Hall–Kier alpha value is -0.120. The van der Waals surface area contributed by atoms with Gasteiger partial charge in [0.2, 0.25) is 0 Å². The molecule has 10 atom stereocenters. The highest BCUT2D eigenvalue weighted by atomic mass is 16.3. The van der Waals surface area contributed by atoms with Gasteiger partial charge in [-0.05, 0) is 106 Å². The van der Waals surface area contributed by atoms with Crippen LogP contribution in [0.3, 0.4) is 0 Å². The highest BCUT2D eigenvalue weighted by Gasteiger charge is 2.38. The first-order valence-electron chi connectivity index (χ1n) is 11.4. The second kappa shape index (κ2) is 8.92. The fourth-order valence-corrected chi connectivity index (χ4v) is 6.53. The van der Waals surface area contributed by atoms with Gasteiger partial charge in [0, 0.05) is 0 Å². The molecule has 0 aromatic rings. The van der Waals surface area contributed by atoms with E-state index >= 15 is 0 Å². The van der Waals surface area contributed by atoms with Crippen LogP contribution in [0.1, 0.15) is 85.0 Å². The van der Waals surface area contributed by atoms with E-state index in [9.17, 15) is 15.3 Å². The van der Waals surface area contributed by atoms with Gasteiger partial charge in [0.25, 0.3) is 0 Å². The van der Waals surface area contributed by atoms with Crippen molar-refractivity contribution in [2.24, 2.45) is 41.4 Å². The second-order valence-electron chi connectivity index (χ2n) is 10.5. The summed E-state index contributed by atoms with van der Waals surface area (Å²) in [5.41, 5.74) is 0. The van der Waals surface area contributed by atoms with Gasteiger partial charge in [0.15, 0.2) is 0 Å². The lowest BCUT2D eigenvalue weighted by atomic mass is 9.65. The molecule has 10 unspecified atom stereocenters. The Labute approximate surface area is 160 Å². The zero-order valence-corrected chi connectivity index (χ0v) is 17.2. The molecule has 3 rings (SSSR count). The predicted octanol–water partition coefficient (Wildman–Crippen LogP) is 4.38. The summed E-state index contributed by atoms with van der Waals surface area (Å²) in [6.07, 6.45) is 11.0. The van der Waals surface area contributed by atoms with Crippen LogP contribution < -0.4 is 0 Å². The lowest BCUT2D eigenvalue weighted by molar-refractivity contribution is -0.0249. The smallest absolute Gasteiger partial charge is 0.0594 e. The van der Waals surface area contributed by atoms with Gasteiger partial charge in [-0.25, -0.2) is 0 Å². The van der Waals surface area contributed by atoms with Gasteiger partial charge >= 0.3 is 0 Å². The number of rotatable bonds is 4. The van der Waals surface area contributed by atoms with Gasteiger partial charge in [-0.3, -0.25) is 0 Å². The van der Waals surface area contributed by atoms with Crippen LogP contribution in [0.15, 0.2) is 0 Å². The van der Waals surface area contributed by atoms with E-state index in [2.05, 4.69) is 20.8 Å². The minimum Gasteiger partial charge on any atom is -0.393 e. The summed E-state index contributed by atoms with van der Waals surface area (Å²) in [5.74, 6) is 3.93. The molecule has 3 aliphatic rings. The molecule has 3 nitrogen and oxygen atoms in total. The van der Waals surface area contributed by atoms with Crippen LogP contribution in [-0.4, -0.2) is 33.6 Å². The Balaban J connectivity index is 1.53. The third kappa shape index (κ3) is 5.02. The molecule has 152 valence electrons. The summed E-state index contributed by atoms with van der Waals surface area (Å²) >= 11 is 0. The Morgan fingerprint density at radius 2 is 1.08 bits per heavy atom. The van der Waals surface area contributed by atoms with E-state index in [0.717, 1.165) is 43.9 Å². The van der Waals surface area contributed by atoms with Crippen molar-refractivity contribution in [3.05, 3.63) is 0 Å². The van der Waals surface area contributed by atoms with E-state index in [1.807, 2.05) is 0 Å². The second-order valence-corrected chi connectivity index (χ2v) is 10.5. The summed E-state index contributed by atoms with van der Waals surface area (Å²) in [6.45, 7) is 6.62. The molecule has 26 heavy (non-hydrogen) atoms. The summed E-state index contributed by atoms with van der Waals surface area (Å²) in [5, 5.41) is 30.8. The lowest BCUT2D eigenvalue weighted by Crippen LogP contribution is -2.39. The molecule has 0 spiro atoms. The molecule has 0 radical (unpaired) electrons. The Bertz CT molecular complexity index is 439. The SMILES string of the molecule is CC1CC(CC2CC(C)C(O)C(CC3CCC(O)C(C)C3)C2)CCC1O. The van der Waals surface area contributed by atoms with E-state index in [4.69, 9.17) is 0 Å². The van der Waals surface area contributed by atoms with Crippen molar-refractivity contribution in [1.82, 2.24) is 0 Å². The zero-order valence-electron chi connectivity index (χ0n) is 17.2. The molecule has 0 aromatic carbocycles. The molecule has 0 bridgehead atoms. The van der Waals surface area contributed by atoms with Crippen LogP contribution in [0.5, 0.6) is 0 Å². The molecule has 3 fully saturated rings. The van der Waals surface area contributed by atoms with Crippen LogP contribution in [0.4, 0.5) is 0 Å². The molecular formula is C23H42O3. The van der Waals surface area contributed by atoms with E-state index in [1.165, 1.54) is 32.1 Å². The fraction of sp³-hybridized carbons (Fsp3) is 1.00. The van der Waals surface area contributed by atoms with Crippen LogP contribution in [0, 0.1) is 41.4 Å². The fourth-order valence-electron chi connectivity index (χ4n) is 6.53. The van der Waals surface area contributed by atoms with Crippen molar-refractivity contribution >= 4 is 0 Å². The van der Waals surface area contributed by atoms with E-state index in [1.54, 1.807) is 0 Å². The monoisotopic (exact) mass is 366 g/mol. The third-order valence-corrected chi connectivity index (χ3v) is 8.18. The molecule has 0 aromatic heterocycles. The van der Waals surface area contributed by atoms with Crippen LogP contribution in [0.25, 0.3) is 0 Å². The maximum Gasteiger partial charge on any atom is 0.0594 e. The standard InChI is InChI=1S/C23H42O3/c1-14-8-17(4-6-21(14)24)11-19-10-16(3)23(26)20(13-19)12-18-5-7-22(25)15(2)9-18/h14-26H,4-13H2,1-3H3. The number of hydrogen-bond acceptors (Lipinski definition) is 3. The van der Waals surface area contributed by atoms with E-state index < -0.39 is 0 Å². The van der Waals surface area contributed by atoms with Gasteiger partial charge < -0.3 is 15.3 Å². The molecule has 0 aliphatic heterocycles. The molecule has 3 aliphatic carbocycles. The van der Waals surface area contributed by atoms with Crippen molar-refractivity contribution in [3.8, 4) is 0 Å². The zero-order chi connectivity index (χ0) is 18.8. The normalized spacial score (nSPS) is 50.5. The maximum atomic E-state index is 10.8. The van der Waals surface area contributed by atoms with Crippen LogP contribution in [0.2, 0.25) is 0 Å². The average Bonchev–Trinajstić information content (AvgIpc) is 2.59. The quantitative estimate of drug-likeness (QED) is 0.692. The first-order chi connectivity index (χ1) is 12.3. The Morgan fingerprint density at radius 1 is 0.577 bits per heavy atom. The van der Waals surface area contributed by atoms with Crippen molar-refractivity contribution in [2.75, 3.05) is 0 Å². The topological polar surface area (TPSA) is 60.7 Å². The van der Waals surface area contributed by atoms with E-state index in [-0.39, 0.29) is 18.3 Å². The van der Waals surface area contributed by atoms with Gasteiger partial charge in [0.1, 0.15) is 0 Å². The highest BCUT2D eigenvalue weighted by molar-refractivity contribution is 4.89. The van der Waals surface area contributed by atoms with Gasteiger partial charge in [-0.2, -0.15) is 0 Å². The largest absolute Gasteiger partial charge is 0.393 e. The Morgan fingerprint density at radius 3 is 1.62 bits per heavy atom. The minimum absolute atomic E-state index is 0.0882. The minimum atomic E-state index is -0.138. The summed E-state index contributed by atoms with van der Waals surface area (Å²) in [6, 6.07) is 0. The van der Waals surface area contributed by atoms with Crippen LogP contribution >= 0.6 is 0 Å². The first kappa shape index (κ1) is 20.6. The lowest BCUT2D eigenvalue weighted by Gasteiger charge is -2.42. The number of hydrogen-bond donors (Lipinski definition) is 3. The summed E-state index contributed by atoms with van der Waals surface area (Å²) in [7, 11) is 0. The van der Waals surface area contributed by atoms with Gasteiger partial charge in [0.05, 0.1) is 18.3 Å². The summed E-state index contributed by atoms with van der Waals surface area (Å²) in [4.78, 5) is 0. The third-order valence-electron chi connectivity index (χ3n) is 8.18.